The summed E-state index contributed by atoms with van der Waals surface area (Å²) in [4.78, 5) is 27.4. The number of likely N-dealkylation sites (tertiary alicyclic amines) is 1. The van der Waals surface area contributed by atoms with Gasteiger partial charge in [-0.3, -0.25) is 14.9 Å². The maximum Gasteiger partial charge on any atom is 0.319 e. The zero-order valence-corrected chi connectivity index (χ0v) is 10.5. The summed E-state index contributed by atoms with van der Waals surface area (Å²) in [5, 5.41) is 19.6. The third-order valence-corrected chi connectivity index (χ3v) is 3.23. The molecule has 0 spiro atoms. The first-order valence-electron chi connectivity index (χ1n) is 5.55. The molecule has 1 saturated heterocycles. The molecule has 8 heteroatoms. The summed E-state index contributed by atoms with van der Waals surface area (Å²) in [6, 6.07) is 2.72. The number of pyridine rings is 1. The van der Waals surface area contributed by atoms with Gasteiger partial charge in [-0.2, -0.15) is 5.26 Å². The number of hydrogen-bond acceptors (Lipinski definition) is 5. The van der Waals surface area contributed by atoms with Crippen LogP contribution in [0.1, 0.15) is 23.2 Å². The second-order valence-corrected chi connectivity index (χ2v) is 4.40. The largest absolute Gasteiger partial charge is 0.322 e. The van der Waals surface area contributed by atoms with Gasteiger partial charge in [0.1, 0.15) is 11.6 Å². The number of carbonyl (C=O) groups excluding carboxylic acids is 1. The molecule has 1 aliphatic heterocycles. The topological polar surface area (TPSA) is 100 Å². The van der Waals surface area contributed by atoms with Gasteiger partial charge in [0, 0.05) is 12.7 Å². The highest BCUT2D eigenvalue weighted by atomic mass is 35.5. The predicted octanol–water partition coefficient (Wildman–Crippen LogP) is 1.77. The van der Waals surface area contributed by atoms with Crippen LogP contribution in [0.25, 0.3) is 0 Å². The Labute approximate surface area is 113 Å². The average molecular weight is 281 g/mol. The number of halogens is 1. The van der Waals surface area contributed by atoms with Gasteiger partial charge in [0.25, 0.3) is 5.91 Å². The molecule has 1 aromatic rings. The minimum absolute atomic E-state index is 0.132. The standard InChI is InChI=1S/C11H9ClN4O3/c12-10-9(16(18)19)8(3-4-14-10)11(17)15-5-1-2-7(15)6-13/h3-4,7H,1-2,5H2. The monoisotopic (exact) mass is 280 g/mol. The minimum Gasteiger partial charge on any atom is -0.322 e. The van der Waals surface area contributed by atoms with Gasteiger partial charge in [0.15, 0.2) is 0 Å². The Balaban J connectivity index is 2.43. The number of nitrogens with zero attached hydrogens (tertiary/aromatic N) is 4. The summed E-state index contributed by atoms with van der Waals surface area (Å²) in [6.45, 7) is 0.411. The molecule has 0 radical (unpaired) electrons. The Morgan fingerprint density at radius 2 is 2.42 bits per heavy atom. The van der Waals surface area contributed by atoms with E-state index < -0.39 is 22.6 Å². The van der Waals surface area contributed by atoms with Crippen molar-refractivity contribution in [2.24, 2.45) is 0 Å². The van der Waals surface area contributed by atoms with E-state index in [0.29, 0.717) is 19.4 Å². The van der Waals surface area contributed by atoms with Gasteiger partial charge in [0.05, 0.1) is 11.0 Å². The number of nitro groups is 1. The second kappa shape index (κ2) is 5.20. The Morgan fingerprint density at radius 3 is 3.05 bits per heavy atom. The lowest BCUT2D eigenvalue weighted by Gasteiger charge is -2.19. The molecule has 0 N–H and O–H groups in total. The SMILES string of the molecule is N#CC1CCCN1C(=O)c1ccnc(Cl)c1[N+](=O)[O-]. The number of hydrogen-bond donors (Lipinski definition) is 0. The van der Waals surface area contributed by atoms with Gasteiger partial charge in [-0.25, -0.2) is 4.98 Å². The molecular weight excluding hydrogens is 272 g/mol. The van der Waals surface area contributed by atoms with Crippen LogP contribution < -0.4 is 0 Å². The molecule has 98 valence electrons. The van der Waals surface area contributed by atoms with E-state index >= 15 is 0 Å². The van der Waals surface area contributed by atoms with Crippen LogP contribution >= 0.6 is 11.6 Å². The van der Waals surface area contributed by atoms with Crippen molar-refractivity contribution in [2.75, 3.05) is 6.54 Å². The van der Waals surface area contributed by atoms with E-state index in [0.717, 1.165) is 0 Å². The zero-order valence-electron chi connectivity index (χ0n) is 9.74. The third-order valence-electron chi connectivity index (χ3n) is 2.96. The quantitative estimate of drug-likeness (QED) is 0.467. The first-order chi connectivity index (χ1) is 9.06. The second-order valence-electron chi connectivity index (χ2n) is 4.04. The molecule has 0 saturated carbocycles. The van der Waals surface area contributed by atoms with Crippen molar-refractivity contribution in [2.45, 2.75) is 18.9 Å². The molecule has 1 aromatic heterocycles. The fourth-order valence-corrected chi connectivity index (χ4v) is 2.30. The van der Waals surface area contributed by atoms with E-state index in [9.17, 15) is 14.9 Å². The van der Waals surface area contributed by atoms with E-state index in [4.69, 9.17) is 16.9 Å². The van der Waals surface area contributed by atoms with E-state index in [1.165, 1.54) is 17.2 Å². The van der Waals surface area contributed by atoms with Gasteiger partial charge in [-0.1, -0.05) is 11.6 Å². The predicted molar refractivity (Wildman–Crippen MR) is 65.6 cm³/mol. The molecule has 2 rings (SSSR count). The van der Waals surface area contributed by atoms with Crippen LogP contribution in [0.15, 0.2) is 12.3 Å². The molecule has 1 unspecified atom stereocenters. The van der Waals surface area contributed by atoms with Crippen molar-refractivity contribution in [3.8, 4) is 6.07 Å². The summed E-state index contributed by atoms with van der Waals surface area (Å²) in [5.41, 5.74) is -0.648. The Kier molecular flexibility index (Phi) is 3.62. The summed E-state index contributed by atoms with van der Waals surface area (Å²) < 4.78 is 0. The van der Waals surface area contributed by atoms with Crippen molar-refractivity contribution in [3.05, 3.63) is 33.1 Å². The van der Waals surface area contributed by atoms with E-state index in [-0.39, 0.29) is 10.7 Å². The van der Waals surface area contributed by atoms with Gasteiger partial charge in [-0.15, -0.1) is 0 Å². The van der Waals surface area contributed by atoms with Crippen LogP contribution in [0.5, 0.6) is 0 Å². The number of nitriles is 1. The first-order valence-corrected chi connectivity index (χ1v) is 5.93. The highest BCUT2D eigenvalue weighted by Crippen LogP contribution is 2.29. The maximum absolute atomic E-state index is 12.3. The molecule has 1 aliphatic rings. The van der Waals surface area contributed by atoms with Crippen molar-refractivity contribution in [3.63, 3.8) is 0 Å². The van der Waals surface area contributed by atoms with Crippen molar-refractivity contribution in [1.29, 1.82) is 5.26 Å². The zero-order chi connectivity index (χ0) is 14.0. The summed E-state index contributed by atoms with van der Waals surface area (Å²) in [6.07, 6.45) is 2.52. The fourth-order valence-electron chi connectivity index (χ4n) is 2.07. The number of rotatable bonds is 2. The van der Waals surface area contributed by atoms with E-state index in [2.05, 4.69) is 4.98 Å². The lowest BCUT2D eigenvalue weighted by atomic mass is 10.2. The third kappa shape index (κ3) is 2.35. The molecule has 1 fully saturated rings. The van der Waals surface area contributed by atoms with E-state index in [1.54, 1.807) is 0 Å². The number of aromatic nitrogens is 1. The molecular formula is C11H9ClN4O3. The fraction of sp³-hybridized carbons (Fsp3) is 0.364. The van der Waals surface area contributed by atoms with Crippen LogP contribution in [-0.4, -0.2) is 33.3 Å². The molecule has 0 aromatic carbocycles. The number of amides is 1. The Bertz CT molecular complexity index is 584. The normalized spacial score (nSPS) is 18.1. The van der Waals surface area contributed by atoms with Gasteiger partial charge >= 0.3 is 5.69 Å². The summed E-state index contributed by atoms with van der Waals surface area (Å²) >= 11 is 5.66. The Morgan fingerprint density at radius 1 is 1.68 bits per heavy atom. The highest BCUT2D eigenvalue weighted by molar-refractivity contribution is 6.32. The smallest absolute Gasteiger partial charge is 0.319 e. The van der Waals surface area contributed by atoms with Crippen LogP contribution in [-0.2, 0) is 0 Å². The number of carbonyl (C=O) groups is 1. The first kappa shape index (κ1) is 13.2. The van der Waals surface area contributed by atoms with Crippen molar-refractivity contribution >= 4 is 23.2 Å². The summed E-state index contributed by atoms with van der Waals surface area (Å²) in [7, 11) is 0. The van der Waals surface area contributed by atoms with Crippen LogP contribution in [0.4, 0.5) is 5.69 Å². The minimum atomic E-state index is -0.736. The van der Waals surface area contributed by atoms with E-state index in [1.807, 2.05) is 6.07 Å². The summed E-state index contributed by atoms with van der Waals surface area (Å²) in [5.74, 6) is -0.556. The average Bonchev–Trinajstić information content (AvgIpc) is 2.85. The lowest BCUT2D eigenvalue weighted by molar-refractivity contribution is -0.385. The lowest BCUT2D eigenvalue weighted by Crippen LogP contribution is -2.35. The highest BCUT2D eigenvalue weighted by Gasteiger charge is 2.34. The van der Waals surface area contributed by atoms with Crippen molar-refractivity contribution in [1.82, 2.24) is 9.88 Å². The maximum atomic E-state index is 12.3. The molecule has 2 heterocycles. The molecule has 0 aliphatic carbocycles. The molecule has 0 bridgehead atoms. The molecule has 19 heavy (non-hydrogen) atoms. The van der Waals surface area contributed by atoms with Gasteiger partial charge < -0.3 is 4.90 Å². The van der Waals surface area contributed by atoms with Gasteiger partial charge in [-0.05, 0) is 18.9 Å². The van der Waals surface area contributed by atoms with Crippen molar-refractivity contribution < 1.29 is 9.72 Å². The van der Waals surface area contributed by atoms with Crippen LogP contribution in [0, 0.1) is 21.4 Å². The molecule has 1 amide bonds. The molecule has 7 nitrogen and oxygen atoms in total. The van der Waals surface area contributed by atoms with Crippen LogP contribution in [0.3, 0.4) is 0 Å². The Hall–Kier alpha value is -2.20. The van der Waals surface area contributed by atoms with Crippen LogP contribution in [0.2, 0.25) is 5.15 Å². The van der Waals surface area contributed by atoms with Gasteiger partial charge in [0.2, 0.25) is 5.15 Å². The molecule has 1 atom stereocenters.